The molecule has 16 heavy (non-hydrogen) atoms. The van der Waals surface area contributed by atoms with Crippen molar-refractivity contribution in [2.45, 2.75) is 64.5 Å². The molecule has 0 aromatic carbocycles. The Balaban J connectivity index is 1.74. The summed E-state index contributed by atoms with van der Waals surface area (Å²) in [6.07, 6.45) is 8.53. The molecule has 1 saturated heterocycles. The molecule has 2 aliphatic rings. The van der Waals surface area contributed by atoms with Crippen LogP contribution in [0.4, 0.5) is 0 Å². The Morgan fingerprint density at radius 2 is 1.94 bits per heavy atom. The molecule has 0 amide bonds. The van der Waals surface area contributed by atoms with Gasteiger partial charge in [-0.3, -0.25) is 0 Å². The van der Waals surface area contributed by atoms with E-state index in [4.69, 9.17) is 0 Å². The van der Waals surface area contributed by atoms with Gasteiger partial charge in [-0.05, 0) is 38.6 Å². The molecule has 0 aromatic rings. The van der Waals surface area contributed by atoms with Crippen LogP contribution in [-0.2, 0) is 0 Å². The van der Waals surface area contributed by atoms with Crippen molar-refractivity contribution in [3.8, 4) is 0 Å². The van der Waals surface area contributed by atoms with Crippen LogP contribution in [0.2, 0.25) is 0 Å². The van der Waals surface area contributed by atoms with Crippen LogP contribution >= 0.6 is 0 Å². The van der Waals surface area contributed by atoms with Gasteiger partial charge in [-0.2, -0.15) is 0 Å². The molecule has 2 heteroatoms. The first-order valence-electron chi connectivity index (χ1n) is 7.03. The fraction of sp³-hybridized carbons (Fsp3) is 1.00. The van der Waals surface area contributed by atoms with Gasteiger partial charge in [0.25, 0.3) is 0 Å². The van der Waals surface area contributed by atoms with Crippen LogP contribution in [-0.4, -0.2) is 37.1 Å². The maximum absolute atomic E-state index is 3.81. The van der Waals surface area contributed by atoms with Gasteiger partial charge in [0, 0.05) is 25.2 Å². The monoisotopic (exact) mass is 224 g/mol. The van der Waals surface area contributed by atoms with Gasteiger partial charge in [0.2, 0.25) is 0 Å². The third-order valence-electron chi connectivity index (χ3n) is 4.76. The van der Waals surface area contributed by atoms with Crippen LogP contribution in [0.1, 0.15) is 52.4 Å². The van der Waals surface area contributed by atoms with Gasteiger partial charge in [0.1, 0.15) is 0 Å². The minimum Gasteiger partial charge on any atom is -0.312 e. The van der Waals surface area contributed by atoms with Crippen molar-refractivity contribution in [2.75, 3.05) is 20.1 Å². The first kappa shape index (κ1) is 12.4. The highest BCUT2D eigenvalue weighted by Gasteiger charge is 2.30. The molecule has 1 heterocycles. The fourth-order valence-electron chi connectivity index (χ4n) is 3.31. The molecule has 2 rings (SSSR count). The van der Waals surface area contributed by atoms with Crippen molar-refractivity contribution in [1.82, 2.24) is 10.2 Å². The van der Waals surface area contributed by atoms with E-state index in [9.17, 15) is 0 Å². The number of nitrogens with one attached hydrogen (secondary N) is 1. The fourth-order valence-corrected chi connectivity index (χ4v) is 3.31. The van der Waals surface area contributed by atoms with Crippen molar-refractivity contribution in [1.29, 1.82) is 0 Å². The van der Waals surface area contributed by atoms with Crippen LogP contribution in [0.15, 0.2) is 0 Å². The number of likely N-dealkylation sites (tertiary alicyclic amines) is 1. The molecule has 0 spiro atoms. The van der Waals surface area contributed by atoms with Crippen LogP contribution in [0.25, 0.3) is 0 Å². The quantitative estimate of drug-likeness (QED) is 0.793. The standard InChI is InChI=1S/C14H28N2/c1-12-9-13(10-16(12)3)15-11-14(2)7-5-4-6-8-14/h12-13,15H,4-11H2,1-3H3. The minimum absolute atomic E-state index is 0.586. The number of nitrogens with zero attached hydrogens (tertiary/aromatic N) is 1. The van der Waals surface area contributed by atoms with Crippen molar-refractivity contribution < 1.29 is 0 Å². The maximum atomic E-state index is 3.81. The van der Waals surface area contributed by atoms with Gasteiger partial charge in [0.15, 0.2) is 0 Å². The van der Waals surface area contributed by atoms with E-state index < -0.39 is 0 Å². The molecule has 94 valence electrons. The highest BCUT2D eigenvalue weighted by molar-refractivity contribution is 4.88. The summed E-state index contributed by atoms with van der Waals surface area (Å²) >= 11 is 0. The van der Waals surface area contributed by atoms with Gasteiger partial charge in [-0.1, -0.05) is 26.2 Å². The Morgan fingerprint density at radius 3 is 2.50 bits per heavy atom. The Morgan fingerprint density at radius 1 is 1.25 bits per heavy atom. The number of hydrogen-bond acceptors (Lipinski definition) is 2. The summed E-state index contributed by atoms with van der Waals surface area (Å²) in [6, 6.07) is 1.50. The summed E-state index contributed by atoms with van der Waals surface area (Å²) in [7, 11) is 2.24. The first-order valence-corrected chi connectivity index (χ1v) is 7.03. The van der Waals surface area contributed by atoms with E-state index in [0.29, 0.717) is 5.41 Å². The SMILES string of the molecule is CC1CC(NCC2(C)CCCCC2)CN1C. The topological polar surface area (TPSA) is 15.3 Å². The third kappa shape index (κ3) is 2.98. The molecule has 1 saturated carbocycles. The van der Waals surface area contributed by atoms with Crippen LogP contribution in [0.5, 0.6) is 0 Å². The van der Waals surface area contributed by atoms with E-state index in [-0.39, 0.29) is 0 Å². The van der Waals surface area contributed by atoms with Crippen LogP contribution < -0.4 is 5.32 Å². The Kier molecular flexibility index (Phi) is 3.91. The minimum atomic E-state index is 0.586. The Bertz CT molecular complexity index is 211. The highest BCUT2D eigenvalue weighted by atomic mass is 15.2. The lowest BCUT2D eigenvalue weighted by atomic mass is 9.75. The normalized spacial score (nSPS) is 35.4. The van der Waals surface area contributed by atoms with Crippen molar-refractivity contribution in [3.05, 3.63) is 0 Å². The van der Waals surface area contributed by atoms with E-state index in [0.717, 1.165) is 12.1 Å². The molecule has 2 fully saturated rings. The second-order valence-corrected chi connectivity index (χ2v) is 6.47. The molecule has 0 radical (unpaired) electrons. The molecule has 2 unspecified atom stereocenters. The molecule has 0 aromatic heterocycles. The van der Waals surface area contributed by atoms with Gasteiger partial charge in [-0.15, -0.1) is 0 Å². The maximum Gasteiger partial charge on any atom is 0.0210 e. The van der Waals surface area contributed by atoms with E-state index in [2.05, 4.69) is 31.1 Å². The molecule has 1 N–H and O–H groups in total. The zero-order chi connectivity index (χ0) is 11.6. The van der Waals surface area contributed by atoms with Crippen LogP contribution in [0.3, 0.4) is 0 Å². The number of hydrogen-bond donors (Lipinski definition) is 1. The molecule has 2 nitrogen and oxygen atoms in total. The molecule has 1 aliphatic heterocycles. The molecule has 2 atom stereocenters. The summed E-state index contributed by atoms with van der Waals surface area (Å²) in [5, 5.41) is 3.81. The third-order valence-corrected chi connectivity index (χ3v) is 4.76. The summed E-state index contributed by atoms with van der Waals surface area (Å²) in [6.45, 7) is 7.28. The average molecular weight is 224 g/mol. The zero-order valence-corrected chi connectivity index (χ0v) is 11.3. The molecular weight excluding hydrogens is 196 g/mol. The number of rotatable bonds is 3. The largest absolute Gasteiger partial charge is 0.312 e. The lowest BCUT2D eigenvalue weighted by Gasteiger charge is -2.34. The average Bonchev–Trinajstić information content (AvgIpc) is 2.57. The smallest absolute Gasteiger partial charge is 0.0210 e. The second kappa shape index (κ2) is 5.05. The zero-order valence-electron chi connectivity index (χ0n) is 11.3. The Labute approximate surface area is 101 Å². The van der Waals surface area contributed by atoms with Gasteiger partial charge >= 0.3 is 0 Å². The summed E-state index contributed by atoms with van der Waals surface area (Å²) in [5.74, 6) is 0. The van der Waals surface area contributed by atoms with Crippen molar-refractivity contribution >= 4 is 0 Å². The van der Waals surface area contributed by atoms with Crippen molar-refractivity contribution in [2.24, 2.45) is 5.41 Å². The highest BCUT2D eigenvalue weighted by Crippen LogP contribution is 2.35. The lowest BCUT2D eigenvalue weighted by molar-refractivity contribution is 0.200. The van der Waals surface area contributed by atoms with Gasteiger partial charge in [-0.25, -0.2) is 0 Å². The van der Waals surface area contributed by atoms with E-state index in [1.54, 1.807) is 0 Å². The Hall–Kier alpha value is -0.0800. The summed E-state index contributed by atoms with van der Waals surface area (Å²) in [5.41, 5.74) is 0.586. The lowest BCUT2D eigenvalue weighted by Crippen LogP contribution is -2.40. The summed E-state index contributed by atoms with van der Waals surface area (Å²) in [4.78, 5) is 2.47. The predicted molar refractivity (Wildman–Crippen MR) is 69.7 cm³/mol. The van der Waals surface area contributed by atoms with E-state index in [1.165, 1.54) is 51.6 Å². The van der Waals surface area contributed by atoms with E-state index >= 15 is 0 Å². The van der Waals surface area contributed by atoms with Crippen LogP contribution in [0, 0.1) is 5.41 Å². The van der Waals surface area contributed by atoms with Gasteiger partial charge < -0.3 is 10.2 Å². The number of likely N-dealkylation sites (N-methyl/N-ethyl adjacent to an activating group) is 1. The molecule has 1 aliphatic carbocycles. The first-order chi connectivity index (χ1) is 7.59. The van der Waals surface area contributed by atoms with E-state index in [1.807, 2.05) is 0 Å². The molecular formula is C14H28N2. The van der Waals surface area contributed by atoms with Gasteiger partial charge in [0.05, 0.1) is 0 Å². The van der Waals surface area contributed by atoms with Crippen molar-refractivity contribution in [3.63, 3.8) is 0 Å². The summed E-state index contributed by atoms with van der Waals surface area (Å²) < 4.78 is 0. The predicted octanol–water partition coefficient (Wildman–Crippen LogP) is 2.64. The second-order valence-electron chi connectivity index (χ2n) is 6.47. The molecule has 0 bridgehead atoms.